The summed E-state index contributed by atoms with van der Waals surface area (Å²) in [6.07, 6.45) is -0.523. The number of aromatic nitrogens is 2. The number of aryl methyl sites for hydroxylation is 1. The highest BCUT2D eigenvalue weighted by molar-refractivity contribution is 6.73. The Kier molecular flexibility index (Phi) is 7.61. The summed E-state index contributed by atoms with van der Waals surface area (Å²) in [6.45, 7) is 15.1. The molecule has 4 aromatic carbocycles. The molecule has 44 heavy (non-hydrogen) atoms. The molecule has 1 aromatic heterocycles. The lowest BCUT2D eigenvalue weighted by Gasteiger charge is -2.49. The molecular formula is C35H42N2O6Si. The van der Waals surface area contributed by atoms with E-state index in [4.69, 9.17) is 13.6 Å². The molecule has 1 aliphatic heterocycles. The highest BCUT2D eigenvalue weighted by Gasteiger charge is 2.59. The van der Waals surface area contributed by atoms with E-state index in [1.807, 2.05) is 0 Å². The lowest BCUT2D eigenvalue weighted by atomic mass is 9.92. The minimum absolute atomic E-state index is 0.119. The lowest BCUT2D eigenvalue weighted by molar-refractivity contribution is -0.0514. The van der Waals surface area contributed by atoms with E-state index >= 15 is 0 Å². The van der Waals surface area contributed by atoms with E-state index in [-0.39, 0.29) is 23.1 Å². The fourth-order valence-electron chi connectivity index (χ4n) is 7.17. The summed E-state index contributed by atoms with van der Waals surface area (Å²) >= 11 is 0. The monoisotopic (exact) mass is 614 g/mol. The summed E-state index contributed by atoms with van der Waals surface area (Å²) in [5.74, 6) is 0. The summed E-state index contributed by atoms with van der Waals surface area (Å²) in [5.41, 5.74) is 0.506. The smallest absolute Gasteiger partial charge is 0.349 e. The van der Waals surface area contributed by atoms with Crippen LogP contribution in [0.2, 0.25) is 10.1 Å². The molecule has 6 rings (SSSR count). The van der Waals surface area contributed by atoms with E-state index in [0.717, 1.165) is 5.56 Å². The highest BCUT2D eigenvalue weighted by Crippen LogP contribution is 2.53. The second-order valence-electron chi connectivity index (χ2n) is 14.2. The first kappa shape index (κ1) is 30.7. The van der Waals surface area contributed by atoms with Crippen LogP contribution >= 0.6 is 0 Å². The molecule has 1 saturated heterocycles. The predicted molar refractivity (Wildman–Crippen MR) is 177 cm³/mol. The molecule has 2 heterocycles. The number of rotatable bonds is 7. The van der Waals surface area contributed by atoms with Gasteiger partial charge in [0.2, 0.25) is 0 Å². The van der Waals surface area contributed by atoms with Crippen LogP contribution < -0.4 is 11.2 Å². The van der Waals surface area contributed by atoms with Crippen molar-refractivity contribution in [1.82, 2.24) is 9.55 Å². The summed E-state index contributed by atoms with van der Waals surface area (Å²) < 4.78 is 21.5. The molecule has 0 aliphatic carbocycles. The minimum atomic E-state index is -3.08. The molecule has 1 fully saturated rings. The molecule has 5 aromatic rings. The first-order chi connectivity index (χ1) is 20.7. The van der Waals surface area contributed by atoms with Crippen molar-refractivity contribution < 1.29 is 18.7 Å². The average Bonchev–Trinajstić information content (AvgIpc) is 3.32. The Hall–Kier alpha value is -3.34. The zero-order chi connectivity index (χ0) is 31.6. The van der Waals surface area contributed by atoms with Gasteiger partial charge in [0.25, 0.3) is 5.56 Å². The Labute approximate surface area is 258 Å². The molecule has 2 N–H and O–H groups in total. The number of hydrogen-bond donors (Lipinski definition) is 2. The van der Waals surface area contributed by atoms with Gasteiger partial charge in [-0.2, -0.15) is 0 Å². The third kappa shape index (κ3) is 5.10. The Morgan fingerprint density at radius 1 is 0.909 bits per heavy atom. The number of nitrogens with one attached hydrogen (secondary N) is 1. The summed E-state index contributed by atoms with van der Waals surface area (Å²) in [5, 5.41) is 17.7. The number of nitrogens with zero attached hydrogens (tertiary/aromatic N) is 1. The largest absolute Gasteiger partial charge is 0.391 e. The summed E-state index contributed by atoms with van der Waals surface area (Å²) in [7, 11) is -3.08. The van der Waals surface area contributed by atoms with Crippen molar-refractivity contribution in [3.05, 3.63) is 92.8 Å². The van der Waals surface area contributed by atoms with Crippen LogP contribution in [0.3, 0.4) is 0 Å². The van der Waals surface area contributed by atoms with Crippen LogP contribution in [0.1, 0.15) is 65.3 Å². The Morgan fingerprint density at radius 3 is 2.18 bits per heavy atom. The molecule has 8 nitrogen and oxygen atoms in total. The topological polar surface area (TPSA) is 103 Å². The molecule has 0 amide bonds. The van der Waals surface area contributed by atoms with Crippen molar-refractivity contribution in [2.75, 3.05) is 6.61 Å². The quantitative estimate of drug-likeness (QED) is 0.157. The maximum atomic E-state index is 12.5. The Bertz CT molecular complexity index is 1920. The lowest BCUT2D eigenvalue weighted by Crippen LogP contribution is -2.58. The SMILES string of the molecule is Cc1cn([C@H]2C[C@H](O)[C@@H](CO[Si](OCc3ccc4ccc5cccc6ccc3c4c56)(C(C)(C)C)C(C)(C)C)O2)c(=O)[nH]c1=O. The van der Waals surface area contributed by atoms with Crippen LogP contribution in [0.4, 0.5) is 0 Å². The first-order valence-corrected chi connectivity index (χ1v) is 17.1. The minimum Gasteiger partial charge on any atom is -0.391 e. The summed E-state index contributed by atoms with van der Waals surface area (Å²) in [4.78, 5) is 26.7. The van der Waals surface area contributed by atoms with Crippen molar-refractivity contribution in [2.24, 2.45) is 0 Å². The molecule has 0 radical (unpaired) electrons. The number of ether oxygens (including phenoxy) is 1. The molecule has 0 spiro atoms. The van der Waals surface area contributed by atoms with E-state index in [2.05, 4.69) is 101 Å². The maximum absolute atomic E-state index is 12.5. The third-order valence-corrected chi connectivity index (χ3v) is 14.2. The molecule has 0 unspecified atom stereocenters. The van der Waals surface area contributed by atoms with Crippen molar-refractivity contribution in [1.29, 1.82) is 0 Å². The highest BCUT2D eigenvalue weighted by atomic mass is 28.4. The standard InChI is InChI=1S/C35H42N2O6Si/c1-21-18-37(33(40)36-32(21)39)29-17-27(38)28(43-29)20-42-44(34(2,3)4,35(5,6)7)41-19-25-14-13-24-12-11-22-9-8-10-23-15-16-26(25)31(24)30(22)23/h8-16,18,27-29,38H,17,19-20H2,1-7H3,(H,36,39,40)/t27-,28+,29+/m0/s1. The normalized spacial score (nSPS) is 20.0. The second kappa shape index (κ2) is 10.9. The van der Waals surface area contributed by atoms with Gasteiger partial charge < -0.3 is 18.7 Å². The Morgan fingerprint density at radius 2 is 1.52 bits per heavy atom. The van der Waals surface area contributed by atoms with Crippen LogP contribution in [0.15, 0.2) is 70.4 Å². The van der Waals surface area contributed by atoms with Gasteiger partial charge in [0.05, 0.1) is 19.3 Å². The molecular weight excluding hydrogens is 572 g/mol. The van der Waals surface area contributed by atoms with Gasteiger partial charge in [-0.3, -0.25) is 14.3 Å². The van der Waals surface area contributed by atoms with Gasteiger partial charge in [0.15, 0.2) is 0 Å². The van der Waals surface area contributed by atoms with Crippen LogP contribution in [0, 0.1) is 6.92 Å². The van der Waals surface area contributed by atoms with E-state index in [0.29, 0.717) is 12.2 Å². The Balaban J connectivity index is 1.30. The van der Waals surface area contributed by atoms with E-state index in [9.17, 15) is 14.7 Å². The zero-order valence-corrected chi connectivity index (χ0v) is 27.6. The van der Waals surface area contributed by atoms with Crippen molar-refractivity contribution in [2.45, 2.75) is 90.0 Å². The molecule has 232 valence electrons. The van der Waals surface area contributed by atoms with Crippen molar-refractivity contribution >= 4 is 40.9 Å². The van der Waals surface area contributed by atoms with Crippen LogP contribution in [0.5, 0.6) is 0 Å². The van der Waals surface area contributed by atoms with Crippen molar-refractivity contribution in [3.63, 3.8) is 0 Å². The predicted octanol–water partition coefficient (Wildman–Crippen LogP) is 6.67. The van der Waals surface area contributed by atoms with Crippen LogP contribution in [-0.2, 0) is 20.2 Å². The summed E-state index contributed by atoms with van der Waals surface area (Å²) in [6, 6.07) is 19.5. The number of benzene rings is 4. The van der Waals surface area contributed by atoms with Gasteiger partial charge in [0, 0.05) is 28.3 Å². The van der Waals surface area contributed by atoms with E-state index in [1.165, 1.54) is 43.1 Å². The number of H-pyrrole nitrogens is 1. The molecule has 9 heteroatoms. The van der Waals surface area contributed by atoms with Gasteiger partial charge in [-0.1, -0.05) is 96.1 Å². The van der Waals surface area contributed by atoms with E-state index in [1.54, 1.807) is 6.92 Å². The molecule has 1 aliphatic rings. The number of aliphatic hydroxyl groups excluding tert-OH is 1. The van der Waals surface area contributed by atoms with Gasteiger partial charge in [0.1, 0.15) is 12.3 Å². The van der Waals surface area contributed by atoms with Crippen LogP contribution in [0.25, 0.3) is 32.3 Å². The van der Waals surface area contributed by atoms with E-state index < -0.39 is 38.2 Å². The molecule has 0 bridgehead atoms. The molecule has 3 atom stereocenters. The van der Waals surface area contributed by atoms with Gasteiger partial charge in [-0.15, -0.1) is 0 Å². The number of aliphatic hydroxyl groups is 1. The van der Waals surface area contributed by atoms with Crippen molar-refractivity contribution in [3.8, 4) is 0 Å². The van der Waals surface area contributed by atoms with Gasteiger partial charge in [-0.05, 0) is 44.8 Å². The third-order valence-electron chi connectivity index (χ3n) is 9.14. The fraction of sp³-hybridized carbons (Fsp3) is 0.429. The average molecular weight is 615 g/mol. The maximum Gasteiger partial charge on any atom is 0.349 e. The first-order valence-electron chi connectivity index (χ1n) is 15.3. The molecule has 0 saturated carbocycles. The number of aromatic amines is 1. The number of hydrogen-bond acceptors (Lipinski definition) is 6. The zero-order valence-electron chi connectivity index (χ0n) is 26.6. The van der Waals surface area contributed by atoms with Gasteiger partial charge >= 0.3 is 14.3 Å². The van der Waals surface area contributed by atoms with Crippen LogP contribution in [-0.4, -0.2) is 42.0 Å². The van der Waals surface area contributed by atoms with Gasteiger partial charge in [-0.25, -0.2) is 4.79 Å². The second-order valence-corrected chi connectivity index (χ2v) is 19.0. The fourth-order valence-corrected chi connectivity index (χ4v) is 12.0.